The summed E-state index contributed by atoms with van der Waals surface area (Å²) in [4.78, 5) is 18.7. The Morgan fingerprint density at radius 2 is 2.00 bits per heavy atom. The highest BCUT2D eigenvalue weighted by molar-refractivity contribution is 6.32. The van der Waals surface area contributed by atoms with E-state index in [4.69, 9.17) is 23.2 Å². The molecule has 142 valence electrons. The third-order valence-corrected chi connectivity index (χ3v) is 4.87. The number of benzene rings is 2. The topological polar surface area (TPSA) is 70.4 Å². The summed E-state index contributed by atoms with van der Waals surface area (Å²) in [5, 5.41) is 10.6. The molecule has 2 N–H and O–H groups in total. The largest absolute Gasteiger partial charge is 0.493 e. The number of aromatic amines is 1. The maximum Gasteiger partial charge on any atom is 0.329 e. The molecule has 28 heavy (non-hydrogen) atoms. The maximum absolute atomic E-state index is 14.0. The Bertz CT molecular complexity index is 1230. The number of aromatic nitrogens is 2. The zero-order valence-electron chi connectivity index (χ0n) is 14.0. The second-order valence-corrected chi connectivity index (χ2v) is 6.95. The standard InChI is InChI=1S/C19H11Cl2F2N3O2/c20-11-2-1-9(14(22)6-11)8-26-18(27)15(25-19(26)28)5-10-7-24-17-12(10)3-4-13(21)16(17)23/h1-7,27H,8H2,(H,25,28)/b10-5+. The number of allylic oxidation sites excluding steroid dienone is 1. The number of hydrogen-bond acceptors (Lipinski definition) is 3. The fourth-order valence-electron chi connectivity index (χ4n) is 2.92. The summed E-state index contributed by atoms with van der Waals surface area (Å²) in [6.45, 7) is -0.192. The number of nitrogens with one attached hydrogen (secondary N) is 1. The first-order chi connectivity index (χ1) is 13.3. The number of aromatic hydroxyl groups is 1. The van der Waals surface area contributed by atoms with Crippen LogP contribution in [0.5, 0.6) is 5.88 Å². The molecule has 0 radical (unpaired) electrons. The van der Waals surface area contributed by atoms with E-state index in [-0.39, 0.29) is 39.4 Å². The Hall–Kier alpha value is -2.90. The van der Waals surface area contributed by atoms with Crippen LogP contribution in [0.2, 0.25) is 10.0 Å². The summed E-state index contributed by atoms with van der Waals surface area (Å²) in [7, 11) is 0. The van der Waals surface area contributed by atoms with Gasteiger partial charge in [0.2, 0.25) is 5.88 Å². The van der Waals surface area contributed by atoms with E-state index in [1.54, 1.807) is 6.07 Å². The van der Waals surface area contributed by atoms with E-state index in [0.29, 0.717) is 11.1 Å². The van der Waals surface area contributed by atoms with Crippen molar-refractivity contribution in [2.75, 3.05) is 0 Å². The van der Waals surface area contributed by atoms with Gasteiger partial charge in [-0.25, -0.2) is 13.6 Å². The van der Waals surface area contributed by atoms with Crippen LogP contribution < -0.4 is 5.69 Å². The first kappa shape index (κ1) is 18.5. The number of H-pyrrole nitrogens is 1. The first-order valence-corrected chi connectivity index (χ1v) is 8.80. The van der Waals surface area contributed by atoms with E-state index in [1.165, 1.54) is 30.5 Å². The number of halogens is 4. The Balaban J connectivity index is 1.72. The van der Waals surface area contributed by atoms with Gasteiger partial charge in [-0.15, -0.1) is 0 Å². The molecular formula is C19H11Cl2F2N3O2. The maximum atomic E-state index is 14.0. The molecule has 1 aromatic heterocycles. The number of rotatable bonds is 3. The van der Waals surface area contributed by atoms with Gasteiger partial charge >= 0.3 is 5.69 Å². The van der Waals surface area contributed by atoms with Gasteiger partial charge in [0, 0.05) is 27.9 Å². The van der Waals surface area contributed by atoms with Gasteiger partial charge in [0.15, 0.2) is 5.82 Å². The normalized spacial score (nSPS) is 14.1. The summed E-state index contributed by atoms with van der Waals surface area (Å²) in [5.74, 6) is -1.63. The highest BCUT2D eigenvalue weighted by Gasteiger charge is 2.20. The van der Waals surface area contributed by atoms with E-state index >= 15 is 0 Å². The molecule has 0 fully saturated rings. The fraction of sp³-hybridized carbons (Fsp3) is 0.0526. The van der Waals surface area contributed by atoms with Crippen molar-refractivity contribution in [1.82, 2.24) is 9.55 Å². The van der Waals surface area contributed by atoms with Crippen molar-refractivity contribution in [3.05, 3.63) is 79.3 Å². The van der Waals surface area contributed by atoms with Gasteiger partial charge in [0.05, 0.1) is 11.6 Å². The van der Waals surface area contributed by atoms with Crippen LogP contribution in [0.4, 0.5) is 14.5 Å². The van der Waals surface area contributed by atoms with Crippen molar-refractivity contribution in [2.45, 2.75) is 6.54 Å². The average Bonchev–Trinajstić information content (AvgIpc) is 3.17. The van der Waals surface area contributed by atoms with Crippen LogP contribution in [-0.2, 0) is 6.54 Å². The van der Waals surface area contributed by atoms with Crippen LogP contribution in [0.15, 0.2) is 40.1 Å². The van der Waals surface area contributed by atoms with Gasteiger partial charge in [-0.3, -0.25) is 9.56 Å². The lowest BCUT2D eigenvalue weighted by atomic mass is 10.1. The van der Waals surface area contributed by atoms with Crippen molar-refractivity contribution in [1.29, 1.82) is 0 Å². The molecule has 0 spiro atoms. The van der Waals surface area contributed by atoms with Crippen molar-refractivity contribution in [3.63, 3.8) is 0 Å². The zero-order valence-corrected chi connectivity index (χ0v) is 15.5. The summed E-state index contributed by atoms with van der Waals surface area (Å²) in [6, 6.07) is 7.04. The molecular weight excluding hydrogens is 411 g/mol. The molecule has 0 aliphatic carbocycles. The predicted octanol–water partition coefficient (Wildman–Crippen LogP) is 4.77. The Kier molecular flexibility index (Phi) is 4.56. The van der Waals surface area contributed by atoms with Crippen LogP contribution in [-0.4, -0.2) is 20.9 Å². The molecule has 0 saturated heterocycles. The minimum atomic E-state index is -0.646. The fourth-order valence-corrected chi connectivity index (χ4v) is 3.23. The van der Waals surface area contributed by atoms with E-state index < -0.39 is 17.3 Å². The third-order valence-electron chi connectivity index (χ3n) is 4.34. The van der Waals surface area contributed by atoms with Crippen LogP contribution in [0.3, 0.4) is 0 Å². The van der Waals surface area contributed by atoms with Crippen molar-refractivity contribution >= 4 is 46.8 Å². The lowest BCUT2D eigenvalue weighted by Crippen LogP contribution is -2.17. The third kappa shape index (κ3) is 3.12. The highest BCUT2D eigenvalue weighted by atomic mass is 35.5. The van der Waals surface area contributed by atoms with Crippen molar-refractivity contribution < 1.29 is 13.9 Å². The van der Waals surface area contributed by atoms with Crippen molar-refractivity contribution in [3.8, 4) is 5.88 Å². The molecule has 0 atom stereocenters. The molecule has 0 saturated carbocycles. The Labute approximate surface area is 167 Å². The van der Waals surface area contributed by atoms with Crippen LogP contribution in [0.1, 0.15) is 16.8 Å². The molecule has 3 aromatic rings. The Morgan fingerprint density at radius 1 is 1.21 bits per heavy atom. The van der Waals surface area contributed by atoms with Crippen LogP contribution >= 0.6 is 23.2 Å². The van der Waals surface area contributed by atoms with Crippen molar-refractivity contribution in [2.24, 2.45) is 4.99 Å². The molecule has 2 heterocycles. The molecule has 9 heteroatoms. The quantitative estimate of drug-likeness (QED) is 0.639. The van der Waals surface area contributed by atoms with Gasteiger partial charge < -0.3 is 10.1 Å². The average molecular weight is 422 g/mol. The molecule has 2 aromatic carbocycles. The van der Waals surface area contributed by atoms with Crippen LogP contribution in [0.25, 0.3) is 11.6 Å². The lowest BCUT2D eigenvalue weighted by molar-refractivity contribution is 0.418. The first-order valence-electron chi connectivity index (χ1n) is 8.05. The van der Waals surface area contributed by atoms with E-state index in [2.05, 4.69) is 9.98 Å². The monoisotopic (exact) mass is 421 g/mol. The SMILES string of the molecule is O=c1[nH]c(/C=C2\C=Nc3c2ccc(Cl)c3F)c(O)n1Cc1ccc(Cl)cc1F. The second-order valence-electron chi connectivity index (χ2n) is 6.10. The van der Waals surface area contributed by atoms with Gasteiger partial charge in [0.25, 0.3) is 0 Å². The number of nitrogens with zero attached hydrogens (tertiary/aromatic N) is 2. The van der Waals surface area contributed by atoms with Gasteiger partial charge in [0.1, 0.15) is 17.2 Å². The lowest BCUT2D eigenvalue weighted by Gasteiger charge is -2.05. The van der Waals surface area contributed by atoms with Crippen LogP contribution in [0, 0.1) is 11.6 Å². The van der Waals surface area contributed by atoms with E-state index in [0.717, 1.165) is 10.6 Å². The van der Waals surface area contributed by atoms with Gasteiger partial charge in [-0.2, -0.15) is 0 Å². The number of aliphatic imine (C=N–C) groups is 1. The van der Waals surface area contributed by atoms with Gasteiger partial charge in [-0.1, -0.05) is 35.3 Å². The molecule has 5 nitrogen and oxygen atoms in total. The minimum absolute atomic E-state index is 0.0513. The number of imidazole rings is 1. The summed E-state index contributed by atoms with van der Waals surface area (Å²) in [6.07, 6.45) is 2.85. The molecule has 0 amide bonds. The molecule has 4 rings (SSSR count). The van der Waals surface area contributed by atoms with E-state index in [1.807, 2.05) is 0 Å². The highest BCUT2D eigenvalue weighted by Crippen LogP contribution is 2.38. The summed E-state index contributed by atoms with van der Waals surface area (Å²) >= 11 is 11.5. The zero-order chi connectivity index (χ0) is 20.0. The smallest absolute Gasteiger partial charge is 0.329 e. The molecule has 1 aliphatic heterocycles. The predicted molar refractivity (Wildman–Crippen MR) is 105 cm³/mol. The molecule has 1 aliphatic rings. The van der Waals surface area contributed by atoms with Gasteiger partial charge in [-0.05, 0) is 24.3 Å². The summed E-state index contributed by atoms with van der Waals surface area (Å²) < 4.78 is 29.0. The van der Waals surface area contributed by atoms with E-state index in [9.17, 15) is 18.7 Å². The molecule has 0 bridgehead atoms. The minimum Gasteiger partial charge on any atom is -0.493 e. The number of fused-ring (bicyclic) bond motifs is 1. The molecule has 0 unspecified atom stereocenters. The second kappa shape index (κ2) is 6.92. The summed E-state index contributed by atoms with van der Waals surface area (Å²) in [5.41, 5.74) is 0.679. The number of hydrogen-bond donors (Lipinski definition) is 2. The Morgan fingerprint density at radius 3 is 2.75 bits per heavy atom.